The highest BCUT2D eigenvalue weighted by molar-refractivity contribution is 6.04. The third-order valence-corrected chi connectivity index (χ3v) is 7.21. The molecule has 0 aliphatic carbocycles. The highest BCUT2D eigenvalue weighted by Gasteiger charge is 2.40. The lowest BCUT2D eigenvalue weighted by Crippen LogP contribution is -2.34. The number of carbonyl (C=O) groups excluding carboxylic acids is 2. The van der Waals surface area contributed by atoms with E-state index in [1.165, 1.54) is 18.9 Å². The molecule has 2 atom stereocenters. The van der Waals surface area contributed by atoms with Crippen LogP contribution >= 0.6 is 0 Å². The van der Waals surface area contributed by atoms with Gasteiger partial charge in [-0.05, 0) is 81.5 Å². The summed E-state index contributed by atoms with van der Waals surface area (Å²) in [7, 11) is 0. The normalized spacial score (nSPS) is 20.1. The smallest absolute Gasteiger partial charge is 0.260 e. The van der Waals surface area contributed by atoms with E-state index in [2.05, 4.69) is 40.7 Å². The number of hydrogen-bond donors (Lipinski definition) is 3. The second-order valence-corrected chi connectivity index (χ2v) is 10.1. The molecule has 2 aromatic carbocycles. The summed E-state index contributed by atoms with van der Waals surface area (Å²) in [6, 6.07) is 15.0. The van der Waals surface area contributed by atoms with Gasteiger partial charge in [-0.2, -0.15) is 0 Å². The van der Waals surface area contributed by atoms with Crippen LogP contribution in [0.2, 0.25) is 0 Å². The zero-order valence-corrected chi connectivity index (χ0v) is 21.1. The second kappa shape index (κ2) is 9.47. The first kappa shape index (κ1) is 24.1. The predicted molar refractivity (Wildman–Crippen MR) is 139 cm³/mol. The molecule has 3 N–H and O–H groups in total. The summed E-state index contributed by atoms with van der Waals surface area (Å²) in [5, 5.41) is 16.5. The number of fused-ring (bicyclic) bond motifs is 1. The van der Waals surface area contributed by atoms with Gasteiger partial charge in [0.15, 0.2) is 5.60 Å². The Labute approximate surface area is 211 Å². The van der Waals surface area contributed by atoms with Crippen LogP contribution in [0.3, 0.4) is 0 Å². The number of benzene rings is 2. The van der Waals surface area contributed by atoms with Crippen molar-refractivity contribution in [1.82, 2.24) is 5.32 Å². The molecule has 0 bridgehead atoms. The molecule has 1 saturated heterocycles. The Balaban J connectivity index is 1.44. The van der Waals surface area contributed by atoms with Crippen LogP contribution in [0.1, 0.15) is 66.0 Å². The molecule has 5 rings (SSSR count). The van der Waals surface area contributed by atoms with Crippen LogP contribution in [0.4, 0.5) is 11.4 Å². The van der Waals surface area contributed by atoms with Gasteiger partial charge >= 0.3 is 0 Å². The van der Waals surface area contributed by atoms with Crippen molar-refractivity contribution in [2.75, 3.05) is 23.3 Å². The number of hydrogen-bond acceptors (Lipinski definition) is 5. The molecule has 7 heteroatoms. The van der Waals surface area contributed by atoms with Crippen LogP contribution in [0.15, 0.2) is 52.9 Å². The minimum atomic E-state index is -1.61. The summed E-state index contributed by atoms with van der Waals surface area (Å²) in [5.74, 6) is 0.844. The number of aliphatic hydroxyl groups is 1. The first-order valence-electron chi connectivity index (χ1n) is 12.6. The van der Waals surface area contributed by atoms with Crippen LogP contribution in [0.5, 0.6) is 0 Å². The Kier molecular flexibility index (Phi) is 6.35. The number of nitrogens with one attached hydrogen (secondary N) is 2. The minimum Gasteiger partial charge on any atom is -0.464 e. The lowest BCUT2D eigenvalue weighted by molar-refractivity contribution is -0.131. The van der Waals surface area contributed by atoms with Crippen molar-refractivity contribution in [2.45, 2.75) is 58.1 Å². The molecule has 1 aromatic heterocycles. The van der Waals surface area contributed by atoms with Crippen LogP contribution in [0.25, 0.3) is 0 Å². The molecular weight excluding hydrogens is 454 g/mol. The molecule has 0 saturated carbocycles. The van der Waals surface area contributed by atoms with Crippen molar-refractivity contribution in [2.24, 2.45) is 0 Å². The van der Waals surface area contributed by atoms with E-state index in [0.29, 0.717) is 17.0 Å². The van der Waals surface area contributed by atoms with Gasteiger partial charge in [-0.25, -0.2) is 0 Å². The van der Waals surface area contributed by atoms with Crippen LogP contribution in [-0.2, 0) is 21.6 Å². The fourth-order valence-electron chi connectivity index (χ4n) is 5.19. The minimum absolute atomic E-state index is 0.110. The van der Waals surface area contributed by atoms with Gasteiger partial charge in [-0.3, -0.25) is 9.59 Å². The van der Waals surface area contributed by atoms with E-state index < -0.39 is 17.6 Å². The summed E-state index contributed by atoms with van der Waals surface area (Å²) in [6.07, 6.45) is 3.66. The average molecular weight is 488 g/mol. The van der Waals surface area contributed by atoms with E-state index in [1.807, 2.05) is 19.1 Å². The largest absolute Gasteiger partial charge is 0.464 e. The fraction of sp³-hybridized carbons (Fsp3) is 0.379. The van der Waals surface area contributed by atoms with Crippen LogP contribution < -0.4 is 15.5 Å². The zero-order chi connectivity index (χ0) is 25.4. The van der Waals surface area contributed by atoms with Gasteiger partial charge in [-0.15, -0.1) is 0 Å². The number of aryl methyl sites for hydroxylation is 2. The van der Waals surface area contributed by atoms with Gasteiger partial charge in [0.05, 0.1) is 6.42 Å². The molecule has 7 nitrogen and oxygen atoms in total. The molecular formula is C29H33N3O4. The topological polar surface area (TPSA) is 94.8 Å². The van der Waals surface area contributed by atoms with Crippen molar-refractivity contribution >= 4 is 23.2 Å². The summed E-state index contributed by atoms with van der Waals surface area (Å²) >= 11 is 0. The van der Waals surface area contributed by atoms with E-state index in [4.69, 9.17) is 4.42 Å². The summed E-state index contributed by atoms with van der Waals surface area (Å²) in [4.78, 5) is 27.8. The van der Waals surface area contributed by atoms with Crippen molar-refractivity contribution in [3.63, 3.8) is 0 Å². The molecule has 36 heavy (non-hydrogen) atoms. The average Bonchev–Trinajstić information content (AvgIpc) is 3.38. The first-order chi connectivity index (χ1) is 17.2. The molecule has 3 heterocycles. The number of rotatable bonds is 6. The standard InChI is InChI=1S/C29H33N3O4/c1-18-7-10-21(24(15-18)32-13-5-4-6-14-32)27(25-12-8-19(2)36-25)31-26(33)17-20-9-11-23-22(16-20)29(3,35)28(34)30-23/h7-12,15-16,27,35H,4-6,13-14,17H2,1-3H3,(H,30,34)(H,31,33). The molecule has 0 spiro atoms. The van der Waals surface area contributed by atoms with Gasteiger partial charge in [0.1, 0.15) is 17.6 Å². The number of furan rings is 1. The summed E-state index contributed by atoms with van der Waals surface area (Å²) in [5.41, 5.74) is 3.49. The quantitative estimate of drug-likeness (QED) is 0.476. The first-order valence-corrected chi connectivity index (χ1v) is 12.6. The number of anilines is 2. The molecule has 188 valence electrons. The van der Waals surface area contributed by atoms with Gasteiger partial charge < -0.3 is 25.1 Å². The number of carbonyl (C=O) groups is 2. The predicted octanol–water partition coefficient (Wildman–Crippen LogP) is 4.49. The Morgan fingerprint density at radius 2 is 1.89 bits per heavy atom. The zero-order valence-electron chi connectivity index (χ0n) is 21.1. The summed E-state index contributed by atoms with van der Waals surface area (Å²) < 4.78 is 6.01. The lowest BCUT2D eigenvalue weighted by Gasteiger charge is -2.32. The maximum Gasteiger partial charge on any atom is 0.260 e. The maximum absolute atomic E-state index is 13.3. The lowest BCUT2D eigenvalue weighted by atomic mass is 9.95. The Hall–Kier alpha value is -3.58. The third kappa shape index (κ3) is 4.63. The van der Waals surface area contributed by atoms with Gasteiger partial charge in [0.2, 0.25) is 5.91 Å². The van der Waals surface area contributed by atoms with E-state index in [0.717, 1.165) is 48.5 Å². The highest BCUT2D eigenvalue weighted by atomic mass is 16.3. The molecule has 1 fully saturated rings. The molecule has 3 aromatic rings. The maximum atomic E-state index is 13.3. The monoisotopic (exact) mass is 487 g/mol. The van der Waals surface area contributed by atoms with Gasteiger partial charge in [0.25, 0.3) is 5.91 Å². The van der Waals surface area contributed by atoms with E-state index in [-0.39, 0.29) is 12.3 Å². The molecule has 2 aliphatic heterocycles. The summed E-state index contributed by atoms with van der Waals surface area (Å²) in [6.45, 7) is 7.44. The Morgan fingerprint density at radius 1 is 1.11 bits per heavy atom. The highest BCUT2D eigenvalue weighted by Crippen LogP contribution is 2.37. The van der Waals surface area contributed by atoms with E-state index >= 15 is 0 Å². The molecule has 2 aliphatic rings. The molecule has 0 radical (unpaired) electrons. The second-order valence-electron chi connectivity index (χ2n) is 10.1. The number of amides is 2. The van der Waals surface area contributed by atoms with Crippen LogP contribution in [0, 0.1) is 13.8 Å². The third-order valence-electron chi connectivity index (χ3n) is 7.21. The van der Waals surface area contributed by atoms with Crippen molar-refractivity contribution in [3.05, 3.63) is 82.3 Å². The van der Waals surface area contributed by atoms with Gasteiger partial charge in [-0.1, -0.05) is 18.2 Å². The van der Waals surface area contributed by atoms with E-state index in [9.17, 15) is 14.7 Å². The number of piperidine rings is 1. The Morgan fingerprint density at radius 3 is 2.61 bits per heavy atom. The van der Waals surface area contributed by atoms with Crippen LogP contribution in [-0.4, -0.2) is 30.0 Å². The van der Waals surface area contributed by atoms with Crippen molar-refractivity contribution < 1.29 is 19.1 Å². The molecule has 2 unspecified atom stereocenters. The Bertz CT molecular complexity index is 1300. The number of nitrogens with zero attached hydrogens (tertiary/aromatic N) is 1. The molecule has 2 amide bonds. The van der Waals surface area contributed by atoms with Gasteiger partial charge in [0, 0.05) is 35.6 Å². The van der Waals surface area contributed by atoms with Crippen molar-refractivity contribution in [3.8, 4) is 0 Å². The fourth-order valence-corrected chi connectivity index (χ4v) is 5.19. The van der Waals surface area contributed by atoms with E-state index in [1.54, 1.807) is 18.2 Å². The van der Waals surface area contributed by atoms with Crippen molar-refractivity contribution in [1.29, 1.82) is 0 Å². The SMILES string of the molecule is Cc1ccc(C(NC(=O)Cc2ccc3c(c2)C(C)(O)C(=O)N3)c2ccc(C)o2)c(N2CCCCC2)c1.